The van der Waals surface area contributed by atoms with Crippen LogP contribution < -0.4 is 15.0 Å². The number of hydrogen-bond acceptors (Lipinski definition) is 5. The van der Waals surface area contributed by atoms with Gasteiger partial charge in [0.15, 0.2) is 6.61 Å². The molecule has 7 nitrogen and oxygen atoms in total. The number of anilines is 1. The average molecular weight is 389 g/mol. The number of amides is 2. The number of nitrogens with zero attached hydrogens (tertiary/aromatic N) is 3. The Balaban J connectivity index is 0.00000210. The third kappa shape index (κ3) is 3.89. The van der Waals surface area contributed by atoms with Crippen molar-refractivity contribution in [1.82, 2.24) is 15.2 Å². The van der Waals surface area contributed by atoms with E-state index in [1.807, 2.05) is 35.2 Å². The Hall–Kier alpha value is -2.64. The highest BCUT2D eigenvalue weighted by Crippen LogP contribution is 2.32. The van der Waals surface area contributed by atoms with Crippen LogP contribution >= 0.6 is 12.4 Å². The van der Waals surface area contributed by atoms with Crippen LogP contribution in [0.1, 0.15) is 11.6 Å². The first-order valence-electron chi connectivity index (χ1n) is 8.66. The zero-order valence-corrected chi connectivity index (χ0v) is 15.5. The normalized spacial score (nSPS) is 19.0. The molecule has 0 saturated carbocycles. The van der Waals surface area contributed by atoms with E-state index < -0.39 is 0 Å². The number of aromatic nitrogens is 1. The van der Waals surface area contributed by atoms with Crippen molar-refractivity contribution in [3.05, 3.63) is 54.4 Å². The van der Waals surface area contributed by atoms with E-state index >= 15 is 0 Å². The molecule has 2 aromatic rings. The van der Waals surface area contributed by atoms with Crippen molar-refractivity contribution in [1.29, 1.82) is 0 Å². The molecule has 3 heterocycles. The fourth-order valence-corrected chi connectivity index (χ4v) is 3.43. The quantitative estimate of drug-likeness (QED) is 0.860. The maximum absolute atomic E-state index is 13.0. The number of hydrogen-bond donors (Lipinski definition) is 1. The van der Waals surface area contributed by atoms with Crippen LogP contribution in [-0.4, -0.2) is 54.5 Å². The van der Waals surface area contributed by atoms with Gasteiger partial charge in [-0.25, -0.2) is 0 Å². The molecular formula is C19H21ClN4O3. The van der Waals surface area contributed by atoms with Crippen molar-refractivity contribution in [2.75, 3.05) is 37.7 Å². The van der Waals surface area contributed by atoms with Crippen LogP contribution in [-0.2, 0) is 9.59 Å². The minimum atomic E-state index is -0.204. The number of para-hydroxylation sites is 2. The van der Waals surface area contributed by atoms with Crippen LogP contribution in [0, 0.1) is 0 Å². The minimum absolute atomic E-state index is 0. The highest BCUT2D eigenvalue weighted by atomic mass is 35.5. The van der Waals surface area contributed by atoms with Crippen molar-refractivity contribution < 1.29 is 14.3 Å². The first kappa shape index (κ1) is 19.1. The molecule has 1 saturated heterocycles. The van der Waals surface area contributed by atoms with Crippen LogP contribution in [0.15, 0.2) is 48.8 Å². The Bertz CT molecular complexity index is 818. The number of pyridine rings is 1. The molecule has 2 aliphatic heterocycles. The molecule has 8 heteroatoms. The summed E-state index contributed by atoms with van der Waals surface area (Å²) in [7, 11) is 0. The fourth-order valence-electron chi connectivity index (χ4n) is 3.43. The lowest BCUT2D eigenvalue weighted by Crippen LogP contribution is -2.53. The van der Waals surface area contributed by atoms with Crippen molar-refractivity contribution in [2.45, 2.75) is 6.04 Å². The topological polar surface area (TPSA) is 74.8 Å². The Kier molecular flexibility index (Phi) is 5.93. The first-order valence-corrected chi connectivity index (χ1v) is 8.66. The average Bonchev–Trinajstić information content (AvgIpc) is 2.71. The van der Waals surface area contributed by atoms with Gasteiger partial charge in [0, 0.05) is 32.0 Å². The van der Waals surface area contributed by atoms with Gasteiger partial charge in [-0.2, -0.15) is 0 Å². The maximum Gasteiger partial charge on any atom is 0.265 e. The zero-order valence-electron chi connectivity index (χ0n) is 14.7. The van der Waals surface area contributed by atoms with E-state index in [1.54, 1.807) is 18.5 Å². The smallest absolute Gasteiger partial charge is 0.265 e. The lowest BCUT2D eigenvalue weighted by molar-refractivity contribution is -0.134. The van der Waals surface area contributed by atoms with E-state index in [-0.39, 0.29) is 43.4 Å². The number of carbonyl (C=O) groups excluding carboxylic acids is 2. The van der Waals surface area contributed by atoms with Gasteiger partial charge in [-0.1, -0.05) is 18.2 Å². The van der Waals surface area contributed by atoms with E-state index in [2.05, 4.69) is 10.3 Å². The van der Waals surface area contributed by atoms with Gasteiger partial charge in [-0.15, -0.1) is 12.4 Å². The molecule has 0 radical (unpaired) electrons. The monoisotopic (exact) mass is 388 g/mol. The summed E-state index contributed by atoms with van der Waals surface area (Å²) in [6.07, 6.45) is 3.50. The third-order valence-electron chi connectivity index (χ3n) is 4.73. The number of piperazine rings is 1. The molecule has 1 unspecified atom stereocenters. The van der Waals surface area contributed by atoms with Crippen LogP contribution in [0.3, 0.4) is 0 Å². The van der Waals surface area contributed by atoms with E-state index in [0.717, 1.165) is 12.1 Å². The van der Waals surface area contributed by atoms with Crippen LogP contribution in [0.5, 0.6) is 5.75 Å². The molecule has 27 heavy (non-hydrogen) atoms. The van der Waals surface area contributed by atoms with Crippen molar-refractivity contribution in [3.8, 4) is 5.75 Å². The molecule has 142 valence electrons. The highest BCUT2D eigenvalue weighted by Gasteiger charge is 2.32. The number of halogens is 1. The predicted molar refractivity (Wildman–Crippen MR) is 103 cm³/mol. The Morgan fingerprint density at radius 1 is 1.26 bits per heavy atom. The second-order valence-electron chi connectivity index (χ2n) is 6.33. The fraction of sp³-hybridized carbons (Fsp3) is 0.316. The minimum Gasteiger partial charge on any atom is -0.482 e. The second-order valence-corrected chi connectivity index (χ2v) is 6.33. The predicted octanol–water partition coefficient (Wildman–Crippen LogP) is 1.40. The van der Waals surface area contributed by atoms with E-state index in [4.69, 9.17) is 4.74 Å². The summed E-state index contributed by atoms with van der Waals surface area (Å²) in [5.74, 6) is 0.347. The van der Waals surface area contributed by atoms with Crippen LogP contribution in [0.2, 0.25) is 0 Å². The van der Waals surface area contributed by atoms with Crippen molar-refractivity contribution in [3.63, 3.8) is 0 Å². The summed E-state index contributed by atoms with van der Waals surface area (Å²) in [4.78, 5) is 32.9. The SMILES string of the molecule is Cl.O=C1COc2ccccc2N1CC(=O)N1CCNCC1c1cccnc1. The van der Waals surface area contributed by atoms with E-state index in [9.17, 15) is 9.59 Å². The zero-order chi connectivity index (χ0) is 17.9. The van der Waals surface area contributed by atoms with Gasteiger partial charge in [-0.05, 0) is 23.8 Å². The first-order chi connectivity index (χ1) is 12.7. The molecule has 1 aromatic heterocycles. The van der Waals surface area contributed by atoms with Crippen molar-refractivity contribution in [2.24, 2.45) is 0 Å². The van der Waals surface area contributed by atoms with Gasteiger partial charge in [0.1, 0.15) is 12.3 Å². The van der Waals surface area contributed by atoms with Gasteiger partial charge < -0.3 is 15.0 Å². The largest absolute Gasteiger partial charge is 0.482 e. The molecule has 1 N–H and O–H groups in total. The maximum atomic E-state index is 13.0. The summed E-state index contributed by atoms with van der Waals surface area (Å²) in [6, 6.07) is 11.1. The number of rotatable bonds is 3. The molecule has 4 rings (SSSR count). The molecule has 1 fully saturated rings. The molecule has 0 aliphatic carbocycles. The third-order valence-corrected chi connectivity index (χ3v) is 4.73. The highest BCUT2D eigenvalue weighted by molar-refractivity contribution is 6.02. The molecule has 1 atom stereocenters. The summed E-state index contributed by atoms with van der Waals surface area (Å²) in [5, 5.41) is 3.32. The van der Waals surface area contributed by atoms with Gasteiger partial charge in [0.25, 0.3) is 5.91 Å². The summed E-state index contributed by atoms with van der Waals surface area (Å²) in [5.41, 5.74) is 1.63. The summed E-state index contributed by atoms with van der Waals surface area (Å²) >= 11 is 0. The number of ether oxygens (including phenoxy) is 1. The molecule has 0 bridgehead atoms. The summed E-state index contributed by atoms with van der Waals surface area (Å²) < 4.78 is 5.45. The van der Waals surface area contributed by atoms with Crippen LogP contribution in [0.25, 0.3) is 0 Å². The Morgan fingerprint density at radius 2 is 2.11 bits per heavy atom. The van der Waals surface area contributed by atoms with E-state index in [1.165, 1.54) is 4.90 Å². The Labute approximate surface area is 163 Å². The number of fused-ring (bicyclic) bond motifs is 1. The lowest BCUT2D eigenvalue weighted by Gasteiger charge is -2.38. The number of benzene rings is 1. The van der Waals surface area contributed by atoms with Gasteiger partial charge in [0.05, 0.1) is 11.7 Å². The number of carbonyl (C=O) groups is 2. The molecule has 2 aliphatic rings. The molecule has 2 amide bonds. The van der Waals surface area contributed by atoms with Gasteiger partial charge >= 0.3 is 0 Å². The van der Waals surface area contributed by atoms with Gasteiger partial charge in [-0.3, -0.25) is 19.5 Å². The van der Waals surface area contributed by atoms with Gasteiger partial charge in [0.2, 0.25) is 5.91 Å². The number of nitrogens with one attached hydrogen (secondary N) is 1. The standard InChI is InChI=1S/C19H20N4O3.ClH/c24-18(12-23-15-5-1-2-6-17(15)26-13-19(23)25)22-9-8-21-11-16(22)14-4-3-7-20-10-14;/h1-7,10,16,21H,8-9,11-13H2;1H. The summed E-state index contributed by atoms with van der Waals surface area (Å²) in [6.45, 7) is 1.97. The Morgan fingerprint density at radius 3 is 2.93 bits per heavy atom. The second kappa shape index (κ2) is 8.37. The van der Waals surface area contributed by atoms with E-state index in [0.29, 0.717) is 24.5 Å². The van der Waals surface area contributed by atoms with Crippen molar-refractivity contribution >= 4 is 29.9 Å². The lowest BCUT2D eigenvalue weighted by atomic mass is 10.1. The van der Waals surface area contributed by atoms with Crippen LogP contribution in [0.4, 0.5) is 5.69 Å². The molecule has 0 spiro atoms. The molecular weight excluding hydrogens is 368 g/mol. The molecule has 1 aromatic carbocycles.